The van der Waals surface area contributed by atoms with Gasteiger partial charge in [0.05, 0.1) is 11.8 Å². The Hall–Kier alpha value is -3.14. The Labute approximate surface area is 193 Å². The van der Waals surface area contributed by atoms with Crippen molar-refractivity contribution in [3.05, 3.63) is 53.8 Å². The van der Waals surface area contributed by atoms with E-state index < -0.39 is 27.5 Å². The summed E-state index contributed by atoms with van der Waals surface area (Å²) in [5.74, 6) is -1.30. The first kappa shape index (κ1) is 24.5. The Morgan fingerprint density at radius 1 is 1.06 bits per heavy atom. The van der Waals surface area contributed by atoms with Crippen LogP contribution in [0.15, 0.2) is 42.5 Å². The molecule has 0 saturated carbocycles. The number of ether oxygens (including phenoxy) is 1. The molecule has 10 heteroatoms. The number of rotatable bonds is 8. The molecule has 0 aliphatic carbocycles. The van der Waals surface area contributed by atoms with Crippen LogP contribution in [0.25, 0.3) is 0 Å². The van der Waals surface area contributed by atoms with Crippen molar-refractivity contribution >= 4 is 33.1 Å². The molecule has 3 rings (SSSR count). The number of halogens is 1. The van der Waals surface area contributed by atoms with Crippen LogP contribution < -0.4 is 14.4 Å². The number of carbonyl (C=O) groups excluding carboxylic acids is 2. The second kappa shape index (κ2) is 10.2. The lowest BCUT2D eigenvalue weighted by atomic mass is 10.1. The third-order valence-electron chi connectivity index (χ3n) is 5.14. The van der Waals surface area contributed by atoms with E-state index in [0.717, 1.165) is 0 Å². The van der Waals surface area contributed by atoms with E-state index in [2.05, 4.69) is 4.72 Å². The number of ketones is 1. The van der Waals surface area contributed by atoms with E-state index in [1.54, 1.807) is 41.3 Å². The van der Waals surface area contributed by atoms with Gasteiger partial charge >= 0.3 is 0 Å². The van der Waals surface area contributed by atoms with Gasteiger partial charge in [0.1, 0.15) is 17.3 Å². The molecule has 0 radical (unpaired) electrons. The molecule has 2 aromatic rings. The SMILES string of the molecule is CC(=O)c1ccc(N2CCN(C(=O)CS(=O)(=O)Nc3ccc(OC(C)C)cc3)CC2)c(F)c1. The summed E-state index contributed by atoms with van der Waals surface area (Å²) in [5.41, 5.74) is 0.990. The number of carbonyl (C=O) groups is 2. The van der Waals surface area contributed by atoms with E-state index in [1.807, 2.05) is 13.8 Å². The van der Waals surface area contributed by atoms with E-state index in [4.69, 9.17) is 4.74 Å². The van der Waals surface area contributed by atoms with Gasteiger partial charge in [-0.3, -0.25) is 14.3 Å². The zero-order chi connectivity index (χ0) is 24.2. The minimum absolute atomic E-state index is 0.00188. The first-order chi connectivity index (χ1) is 15.5. The maximum atomic E-state index is 14.4. The molecule has 1 N–H and O–H groups in total. The lowest BCUT2D eigenvalue weighted by Crippen LogP contribution is -2.50. The third-order valence-corrected chi connectivity index (χ3v) is 6.31. The van der Waals surface area contributed by atoms with Crippen molar-refractivity contribution < 1.29 is 27.1 Å². The second-order valence-corrected chi connectivity index (χ2v) is 9.86. The Balaban J connectivity index is 1.54. The van der Waals surface area contributed by atoms with Gasteiger partial charge in [0.15, 0.2) is 5.78 Å². The number of hydrogen-bond acceptors (Lipinski definition) is 6. The monoisotopic (exact) mass is 477 g/mol. The maximum Gasteiger partial charge on any atom is 0.241 e. The predicted octanol–water partition coefficient (Wildman–Crippen LogP) is 2.91. The number of nitrogens with one attached hydrogen (secondary N) is 1. The van der Waals surface area contributed by atoms with Crippen LogP contribution in [0.4, 0.5) is 15.8 Å². The molecule has 0 unspecified atom stereocenters. The molecule has 1 fully saturated rings. The standard InChI is InChI=1S/C23H28FN3O5S/c1-16(2)32-20-7-5-19(6-8-20)25-33(30,31)15-23(29)27-12-10-26(11-13-27)22-9-4-18(17(3)28)14-21(22)24/h4-9,14,16,25H,10-13,15H2,1-3H3. The van der Waals surface area contributed by atoms with Gasteiger partial charge in [0.2, 0.25) is 15.9 Å². The van der Waals surface area contributed by atoms with Crippen LogP contribution in [0.3, 0.4) is 0 Å². The van der Waals surface area contributed by atoms with E-state index >= 15 is 0 Å². The summed E-state index contributed by atoms with van der Waals surface area (Å²) in [6, 6.07) is 10.8. The van der Waals surface area contributed by atoms with Gasteiger partial charge in [0.25, 0.3) is 0 Å². The van der Waals surface area contributed by atoms with Crippen LogP contribution in [0, 0.1) is 5.82 Å². The molecule has 1 aliphatic heterocycles. The summed E-state index contributed by atoms with van der Waals surface area (Å²) in [4.78, 5) is 27.2. The topological polar surface area (TPSA) is 96.0 Å². The van der Waals surface area contributed by atoms with Crippen LogP contribution in [0.1, 0.15) is 31.1 Å². The van der Waals surface area contributed by atoms with Crippen molar-refractivity contribution in [2.45, 2.75) is 26.9 Å². The average molecular weight is 478 g/mol. The Bertz CT molecular complexity index is 1110. The van der Waals surface area contributed by atoms with Crippen molar-refractivity contribution in [2.75, 3.05) is 41.6 Å². The van der Waals surface area contributed by atoms with Crippen molar-refractivity contribution in [3.63, 3.8) is 0 Å². The molecule has 8 nitrogen and oxygen atoms in total. The van der Waals surface area contributed by atoms with Crippen molar-refractivity contribution in [2.24, 2.45) is 0 Å². The maximum absolute atomic E-state index is 14.4. The highest BCUT2D eigenvalue weighted by Gasteiger charge is 2.26. The molecule has 1 heterocycles. The number of benzene rings is 2. The Morgan fingerprint density at radius 3 is 2.24 bits per heavy atom. The van der Waals surface area contributed by atoms with Gasteiger partial charge in [-0.1, -0.05) is 0 Å². The molecular weight excluding hydrogens is 449 g/mol. The first-order valence-corrected chi connectivity index (χ1v) is 12.3. The molecule has 0 aromatic heterocycles. The molecular formula is C23H28FN3O5S. The van der Waals surface area contributed by atoms with E-state index in [-0.39, 0.29) is 25.0 Å². The zero-order valence-electron chi connectivity index (χ0n) is 18.9. The molecule has 1 aliphatic rings. The fourth-order valence-corrected chi connectivity index (χ4v) is 4.60. The van der Waals surface area contributed by atoms with Gasteiger partial charge in [-0.25, -0.2) is 12.8 Å². The fourth-order valence-electron chi connectivity index (χ4n) is 3.52. The lowest BCUT2D eigenvalue weighted by molar-refractivity contribution is -0.128. The molecule has 0 bridgehead atoms. The quantitative estimate of drug-likeness (QED) is 0.588. The summed E-state index contributed by atoms with van der Waals surface area (Å²) in [6.07, 6.45) is 0.00188. The average Bonchev–Trinajstić information content (AvgIpc) is 2.74. The number of piperazine rings is 1. The number of hydrogen-bond donors (Lipinski definition) is 1. The molecule has 0 spiro atoms. The highest BCUT2D eigenvalue weighted by Crippen LogP contribution is 2.23. The molecule has 2 aromatic carbocycles. The molecule has 178 valence electrons. The lowest BCUT2D eigenvalue weighted by Gasteiger charge is -2.36. The summed E-state index contributed by atoms with van der Waals surface area (Å²) in [5, 5.41) is 0. The predicted molar refractivity (Wildman–Crippen MR) is 125 cm³/mol. The Morgan fingerprint density at radius 2 is 1.70 bits per heavy atom. The number of Topliss-reactive ketones (excluding diaryl/α,β-unsaturated/α-hetero) is 1. The number of amides is 1. The van der Waals surface area contributed by atoms with Crippen molar-refractivity contribution in [1.29, 1.82) is 0 Å². The summed E-state index contributed by atoms with van der Waals surface area (Å²) >= 11 is 0. The molecule has 33 heavy (non-hydrogen) atoms. The van der Waals surface area contributed by atoms with E-state index in [0.29, 0.717) is 35.8 Å². The van der Waals surface area contributed by atoms with E-state index in [9.17, 15) is 22.4 Å². The van der Waals surface area contributed by atoms with Crippen LogP contribution in [0.5, 0.6) is 5.75 Å². The van der Waals surface area contributed by atoms with Gasteiger partial charge in [-0.15, -0.1) is 0 Å². The highest BCUT2D eigenvalue weighted by molar-refractivity contribution is 7.93. The van der Waals surface area contributed by atoms with Crippen molar-refractivity contribution in [3.8, 4) is 5.75 Å². The van der Waals surface area contributed by atoms with Gasteiger partial charge in [-0.05, 0) is 63.2 Å². The molecule has 1 amide bonds. The van der Waals surface area contributed by atoms with Crippen LogP contribution in [-0.2, 0) is 14.8 Å². The first-order valence-electron chi connectivity index (χ1n) is 10.6. The number of anilines is 2. The third kappa shape index (κ3) is 6.67. The number of sulfonamides is 1. The molecule has 0 atom stereocenters. The Kier molecular flexibility index (Phi) is 7.57. The van der Waals surface area contributed by atoms with Crippen LogP contribution in [0.2, 0.25) is 0 Å². The molecule has 1 saturated heterocycles. The van der Waals surface area contributed by atoms with Gasteiger partial charge in [0, 0.05) is 37.4 Å². The van der Waals surface area contributed by atoms with Crippen molar-refractivity contribution in [1.82, 2.24) is 4.90 Å². The minimum Gasteiger partial charge on any atom is -0.491 e. The largest absolute Gasteiger partial charge is 0.491 e. The fraction of sp³-hybridized carbons (Fsp3) is 0.391. The summed E-state index contributed by atoms with van der Waals surface area (Å²) in [7, 11) is -3.89. The smallest absolute Gasteiger partial charge is 0.241 e. The number of nitrogens with zero attached hydrogens (tertiary/aromatic N) is 2. The normalized spacial score (nSPS) is 14.3. The zero-order valence-corrected chi connectivity index (χ0v) is 19.7. The van der Waals surface area contributed by atoms with E-state index in [1.165, 1.54) is 17.9 Å². The van der Waals surface area contributed by atoms with Gasteiger partial charge < -0.3 is 14.5 Å². The highest BCUT2D eigenvalue weighted by atomic mass is 32.2. The summed E-state index contributed by atoms with van der Waals surface area (Å²) in [6.45, 7) is 6.40. The summed E-state index contributed by atoms with van der Waals surface area (Å²) < 4.78 is 47.2. The van der Waals surface area contributed by atoms with Gasteiger partial charge in [-0.2, -0.15) is 0 Å². The van der Waals surface area contributed by atoms with Crippen LogP contribution >= 0.6 is 0 Å². The second-order valence-electron chi connectivity index (χ2n) is 8.14. The van der Waals surface area contributed by atoms with Crippen LogP contribution in [-0.4, -0.2) is 63.0 Å². The minimum atomic E-state index is -3.89.